The van der Waals surface area contributed by atoms with Crippen LogP contribution in [0.5, 0.6) is 5.75 Å². The van der Waals surface area contributed by atoms with E-state index >= 15 is 0 Å². The van der Waals surface area contributed by atoms with Crippen molar-refractivity contribution in [1.82, 2.24) is 4.90 Å². The molecule has 1 N–H and O–H groups in total. The van der Waals surface area contributed by atoms with E-state index in [1.165, 1.54) is 4.90 Å². The van der Waals surface area contributed by atoms with Crippen molar-refractivity contribution in [3.63, 3.8) is 0 Å². The van der Waals surface area contributed by atoms with E-state index < -0.39 is 0 Å². The smallest absolute Gasteiger partial charge is 0.259 e. The van der Waals surface area contributed by atoms with Crippen molar-refractivity contribution in [3.05, 3.63) is 58.6 Å². The molecule has 0 aromatic heterocycles. The molecule has 0 saturated carbocycles. The Kier molecular flexibility index (Phi) is 5.76. The first-order chi connectivity index (χ1) is 11.0. The van der Waals surface area contributed by atoms with Crippen LogP contribution in [0, 0.1) is 0 Å². The summed E-state index contributed by atoms with van der Waals surface area (Å²) in [6.07, 6.45) is 0. The van der Waals surface area contributed by atoms with Crippen LogP contribution in [0.2, 0.25) is 0 Å². The molecule has 2 aromatic carbocycles. The second kappa shape index (κ2) is 7.78. The number of anilines is 1. The number of amides is 2. The molecule has 0 saturated heterocycles. The van der Waals surface area contributed by atoms with Crippen molar-refractivity contribution in [2.75, 3.05) is 26.0 Å². The maximum atomic E-state index is 12.2. The normalized spacial score (nSPS) is 10.0. The Hall–Kier alpha value is -2.34. The molecule has 23 heavy (non-hydrogen) atoms. The van der Waals surface area contributed by atoms with Gasteiger partial charge in [-0.2, -0.15) is 0 Å². The maximum Gasteiger partial charge on any atom is 0.259 e. The fraction of sp³-hybridized carbons (Fsp3) is 0.176. The summed E-state index contributed by atoms with van der Waals surface area (Å²) in [6.45, 7) is -0.0647. The third-order valence-electron chi connectivity index (χ3n) is 3.06. The summed E-state index contributed by atoms with van der Waals surface area (Å²) < 4.78 is 6.35. The van der Waals surface area contributed by atoms with E-state index in [-0.39, 0.29) is 18.4 Å². The van der Waals surface area contributed by atoms with Gasteiger partial charge in [-0.1, -0.05) is 22.0 Å². The number of benzene rings is 2. The van der Waals surface area contributed by atoms with Gasteiger partial charge in [-0.05, 0) is 42.5 Å². The summed E-state index contributed by atoms with van der Waals surface area (Å²) >= 11 is 3.34. The summed E-state index contributed by atoms with van der Waals surface area (Å²) in [5, 5.41) is 2.81. The average Bonchev–Trinajstić information content (AvgIpc) is 2.54. The van der Waals surface area contributed by atoms with Crippen LogP contribution in [0.4, 0.5) is 5.69 Å². The number of halogens is 1. The molecule has 2 rings (SSSR count). The highest BCUT2D eigenvalue weighted by atomic mass is 79.9. The lowest BCUT2D eigenvalue weighted by Gasteiger charge is -2.12. The number of carbonyl (C=O) groups excluding carboxylic acids is 2. The van der Waals surface area contributed by atoms with Gasteiger partial charge in [0.05, 0.1) is 0 Å². The van der Waals surface area contributed by atoms with Gasteiger partial charge in [0.25, 0.3) is 11.8 Å². The fourth-order valence-corrected chi connectivity index (χ4v) is 2.00. The molecule has 0 aliphatic carbocycles. The Balaban J connectivity index is 2.02. The zero-order chi connectivity index (χ0) is 16.8. The van der Waals surface area contributed by atoms with E-state index in [2.05, 4.69) is 21.2 Å². The molecule has 2 amide bonds. The van der Waals surface area contributed by atoms with Gasteiger partial charge in [-0.15, -0.1) is 0 Å². The van der Waals surface area contributed by atoms with Crippen LogP contribution >= 0.6 is 15.9 Å². The lowest BCUT2D eigenvalue weighted by molar-refractivity contribution is -0.130. The van der Waals surface area contributed by atoms with Crippen LogP contribution in [0.15, 0.2) is 53.0 Å². The largest absolute Gasteiger partial charge is 0.484 e. The van der Waals surface area contributed by atoms with Crippen molar-refractivity contribution in [2.45, 2.75) is 0 Å². The molecule has 0 aliphatic rings. The topological polar surface area (TPSA) is 58.6 Å². The Bertz CT molecular complexity index is 699. The Labute approximate surface area is 143 Å². The number of rotatable bonds is 5. The van der Waals surface area contributed by atoms with E-state index in [0.717, 1.165) is 4.47 Å². The molecule has 0 fully saturated rings. The van der Waals surface area contributed by atoms with E-state index in [1.54, 1.807) is 50.5 Å². The van der Waals surface area contributed by atoms with Crippen LogP contribution in [-0.2, 0) is 4.79 Å². The van der Waals surface area contributed by atoms with Gasteiger partial charge in [-0.3, -0.25) is 9.59 Å². The minimum Gasteiger partial charge on any atom is -0.484 e. The molecule has 0 atom stereocenters. The molecule has 6 heteroatoms. The number of nitrogens with zero attached hydrogens (tertiary/aromatic N) is 1. The summed E-state index contributed by atoms with van der Waals surface area (Å²) in [7, 11) is 3.32. The van der Waals surface area contributed by atoms with E-state index in [9.17, 15) is 9.59 Å². The SMILES string of the molecule is CN(C)C(=O)COc1cccc(C(=O)Nc2ccc(Br)cc2)c1. The molecule has 0 bridgehead atoms. The molecule has 2 aromatic rings. The number of hydrogen-bond acceptors (Lipinski definition) is 3. The first-order valence-electron chi connectivity index (χ1n) is 6.95. The number of hydrogen-bond donors (Lipinski definition) is 1. The lowest BCUT2D eigenvalue weighted by atomic mass is 10.2. The molecule has 5 nitrogen and oxygen atoms in total. The van der Waals surface area contributed by atoms with Crippen molar-refractivity contribution in [1.29, 1.82) is 0 Å². The highest BCUT2D eigenvalue weighted by Gasteiger charge is 2.09. The fourth-order valence-electron chi connectivity index (χ4n) is 1.74. The minimum atomic E-state index is -0.239. The van der Waals surface area contributed by atoms with Crippen molar-refractivity contribution in [2.24, 2.45) is 0 Å². The predicted molar refractivity (Wildman–Crippen MR) is 92.7 cm³/mol. The van der Waals surface area contributed by atoms with Crippen molar-refractivity contribution in [3.8, 4) is 5.75 Å². The first-order valence-corrected chi connectivity index (χ1v) is 7.75. The Morgan fingerprint density at radius 1 is 1.13 bits per heavy atom. The zero-order valence-corrected chi connectivity index (χ0v) is 14.5. The average molecular weight is 377 g/mol. The third kappa shape index (κ3) is 5.10. The van der Waals surface area contributed by atoms with Gasteiger partial charge in [0.15, 0.2) is 6.61 Å². The van der Waals surface area contributed by atoms with Crippen molar-refractivity contribution < 1.29 is 14.3 Å². The van der Waals surface area contributed by atoms with Crippen LogP contribution < -0.4 is 10.1 Å². The number of carbonyl (C=O) groups is 2. The molecular weight excluding hydrogens is 360 g/mol. The summed E-state index contributed by atoms with van der Waals surface area (Å²) in [6, 6.07) is 14.0. The van der Waals surface area contributed by atoms with Gasteiger partial charge in [0, 0.05) is 29.8 Å². The minimum absolute atomic E-state index is 0.0647. The summed E-state index contributed by atoms with van der Waals surface area (Å²) in [4.78, 5) is 25.2. The molecular formula is C17H17BrN2O3. The molecule has 0 spiro atoms. The molecule has 0 unspecified atom stereocenters. The van der Waals surface area contributed by atoms with Gasteiger partial charge in [0.2, 0.25) is 0 Å². The highest BCUT2D eigenvalue weighted by Crippen LogP contribution is 2.17. The van der Waals surface area contributed by atoms with Crippen LogP contribution in [-0.4, -0.2) is 37.4 Å². The van der Waals surface area contributed by atoms with Crippen molar-refractivity contribution >= 4 is 33.4 Å². The molecule has 0 heterocycles. The van der Waals surface area contributed by atoms with Gasteiger partial charge >= 0.3 is 0 Å². The maximum absolute atomic E-state index is 12.2. The standard InChI is InChI=1S/C17H17BrN2O3/c1-20(2)16(21)11-23-15-5-3-4-12(10-15)17(22)19-14-8-6-13(18)7-9-14/h3-10H,11H2,1-2H3,(H,19,22). The number of likely N-dealkylation sites (N-methyl/N-ethyl adjacent to an activating group) is 1. The van der Waals surface area contributed by atoms with Gasteiger partial charge in [0.1, 0.15) is 5.75 Å². The van der Waals surface area contributed by atoms with E-state index in [0.29, 0.717) is 17.0 Å². The second-order valence-corrected chi connectivity index (χ2v) is 5.98. The third-order valence-corrected chi connectivity index (χ3v) is 3.59. The molecule has 0 radical (unpaired) electrons. The monoisotopic (exact) mass is 376 g/mol. The zero-order valence-electron chi connectivity index (χ0n) is 12.9. The highest BCUT2D eigenvalue weighted by molar-refractivity contribution is 9.10. The van der Waals surface area contributed by atoms with E-state index in [4.69, 9.17) is 4.74 Å². The Morgan fingerprint density at radius 2 is 1.83 bits per heavy atom. The number of ether oxygens (including phenoxy) is 1. The van der Waals surface area contributed by atoms with Crippen LogP contribution in [0.25, 0.3) is 0 Å². The second-order valence-electron chi connectivity index (χ2n) is 5.07. The number of nitrogens with one attached hydrogen (secondary N) is 1. The quantitative estimate of drug-likeness (QED) is 0.871. The van der Waals surface area contributed by atoms with Gasteiger partial charge in [-0.25, -0.2) is 0 Å². The van der Waals surface area contributed by atoms with E-state index in [1.807, 2.05) is 12.1 Å². The summed E-state index contributed by atoms with van der Waals surface area (Å²) in [5.41, 5.74) is 1.16. The van der Waals surface area contributed by atoms with Crippen LogP contribution in [0.3, 0.4) is 0 Å². The van der Waals surface area contributed by atoms with Crippen LogP contribution in [0.1, 0.15) is 10.4 Å². The lowest BCUT2D eigenvalue weighted by Crippen LogP contribution is -2.27. The first kappa shape index (κ1) is 17.0. The predicted octanol–water partition coefficient (Wildman–Crippen LogP) is 3.17. The molecule has 0 aliphatic heterocycles. The summed E-state index contributed by atoms with van der Waals surface area (Å²) in [5.74, 6) is 0.0927. The Morgan fingerprint density at radius 3 is 2.48 bits per heavy atom. The van der Waals surface area contributed by atoms with Gasteiger partial charge < -0.3 is 15.0 Å². The molecule has 120 valence electrons.